The molecule has 0 aliphatic rings. The number of nitrogens with one attached hydrogen (secondary N) is 1. The number of hydrogen-bond donors (Lipinski definition) is 1. The Morgan fingerprint density at radius 2 is 1.88 bits per heavy atom. The van der Waals surface area contributed by atoms with Crippen LogP contribution >= 0.6 is 0 Å². The zero-order valence-electron chi connectivity index (χ0n) is 14.4. The molecule has 0 aliphatic carbocycles. The molecule has 0 fully saturated rings. The van der Waals surface area contributed by atoms with Crippen molar-refractivity contribution < 1.29 is 18.0 Å². The van der Waals surface area contributed by atoms with Gasteiger partial charge in [0.1, 0.15) is 11.3 Å². The molecule has 136 valence electrons. The third kappa shape index (κ3) is 3.42. The van der Waals surface area contributed by atoms with E-state index in [-0.39, 0.29) is 0 Å². The van der Waals surface area contributed by atoms with E-state index in [0.717, 1.165) is 24.1 Å². The van der Waals surface area contributed by atoms with Gasteiger partial charge in [0.2, 0.25) is 0 Å². The second kappa shape index (κ2) is 6.82. The number of aryl methyl sites for hydroxylation is 2. The lowest BCUT2D eigenvalue weighted by Crippen LogP contribution is -2.16. The molecule has 1 N–H and O–H groups in total. The molecule has 0 spiro atoms. The fraction of sp³-hybridized carbons (Fsp3) is 0.263. The average Bonchev–Trinajstić information content (AvgIpc) is 2.94. The Bertz CT molecular complexity index is 943. The van der Waals surface area contributed by atoms with Gasteiger partial charge in [-0.15, -0.1) is 0 Å². The standard InChI is InChI=1S/C19H18F3N3O/c1-3-5-15-16(25-11-4-6-12(2)17(25)24-15)18(26)23-14-9-7-13(8-10-14)19(20,21)22/h4,6-11H,3,5H2,1-2H3,(H,23,26). The van der Waals surface area contributed by atoms with Crippen LogP contribution in [0.3, 0.4) is 0 Å². The van der Waals surface area contributed by atoms with E-state index in [2.05, 4.69) is 10.3 Å². The minimum absolute atomic E-state index is 0.299. The van der Waals surface area contributed by atoms with Crippen molar-refractivity contribution in [2.24, 2.45) is 0 Å². The van der Waals surface area contributed by atoms with Crippen molar-refractivity contribution in [2.45, 2.75) is 32.9 Å². The molecule has 1 aromatic carbocycles. The molecule has 4 nitrogen and oxygen atoms in total. The molecule has 26 heavy (non-hydrogen) atoms. The molecule has 0 bridgehead atoms. The van der Waals surface area contributed by atoms with Gasteiger partial charge in [-0.3, -0.25) is 9.20 Å². The van der Waals surface area contributed by atoms with Crippen molar-refractivity contribution >= 4 is 17.2 Å². The molecular weight excluding hydrogens is 343 g/mol. The second-order valence-electron chi connectivity index (χ2n) is 6.07. The highest BCUT2D eigenvalue weighted by Crippen LogP contribution is 2.30. The van der Waals surface area contributed by atoms with Crippen LogP contribution in [0.1, 0.15) is 40.7 Å². The van der Waals surface area contributed by atoms with E-state index in [1.165, 1.54) is 12.1 Å². The molecule has 0 unspecified atom stereocenters. The summed E-state index contributed by atoms with van der Waals surface area (Å²) in [7, 11) is 0. The Balaban J connectivity index is 1.94. The molecule has 3 aromatic rings. The fourth-order valence-electron chi connectivity index (χ4n) is 2.84. The Morgan fingerprint density at radius 3 is 2.50 bits per heavy atom. The van der Waals surface area contributed by atoms with Crippen molar-refractivity contribution in [1.82, 2.24) is 9.38 Å². The predicted octanol–water partition coefficient (Wildman–Crippen LogP) is 4.87. The number of fused-ring (bicyclic) bond motifs is 1. The summed E-state index contributed by atoms with van der Waals surface area (Å²) >= 11 is 0. The zero-order valence-corrected chi connectivity index (χ0v) is 14.4. The molecule has 2 heterocycles. The van der Waals surface area contributed by atoms with Gasteiger partial charge in [0.05, 0.1) is 11.3 Å². The van der Waals surface area contributed by atoms with E-state index < -0.39 is 17.6 Å². The number of hydrogen-bond acceptors (Lipinski definition) is 2. The number of carbonyl (C=O) groups excluding carboxylic acids is 1. The van der Waals surface area contributed by atoms with Gasteiger partial charge < -0.3 is 5.32 Å². The van der Waals surface area contributed by atoms with Crippen LogP contribution < -0.4 is 5.32 Å². The van der Waals surface area contributed by atoms with Crippen molar-refractivity contribution in [1.29, 1.82) is 0 Å². The second-order valence-corrected chi connectivity index (χ2v) is 6.07. The summed E-state index contributed by atoms with van der Waals surface area (Å²) in [5.74, 6) is -0.397. The normalized spacial score (nSPS) is 11.7. The van der Waals surface area contributed by atoms with E-state index in [4.69, 9.17) is 0 Å². The Hall–Kier alpha value is -2.83. The summed E-state index contributed by atoms with van der Waals surface area (Å²) in [6.07, 6.45) is -1.19. The highest BCUT2D eigenvalue weighted by molar-refractivity contribution is 6.04. The van der Waals surface area contributed by atoms with Crippen molar-refractivity contribution in [3.63, 3.8) is 0 Å². The number of aromatic nitrogens is 2. The number of pyridine rings is 1. The van der Waals surface area contributed by atoms with E-state index >= 15 is 0 Å². The maximum atomic E-state index is 12.8. The molecule has 3 rings (SSSR count). The average molecular weight is 361 g/mol. The number of rotatable bonds is 4. The SMILES string of the molecule is CCCc1nc2c(C)cccn2c1C(=O)Nc1ccc(C(F)(F)F)cc1. The summed E-state index contributed by atoms with van der Waals surface area (Å²) in [5, 5.41) is 2.67. The number of alkyl halides is 3. The third-order valence-electron chi connectivity index (χ3n) is 4.09. The number of nitrogens with zero attached hydrogens (tertiary/aromatic N) is 2. The van der Waals surface area contributed by atoms with Gasteiger partial charge >= 0.3 is 6.18 Å². The lowest BCUT2D eigenvalue weighted by atomic mass is 10.2. The fourth-order valence-corrected chi connectivity index (χ4v) is 2.84. The molecule has 2 aromatic heterocycles. The van der Waals surface area contributed by atoms with Crippen LogP contribution in [-0.4, -0.2) is 15.3 Å². The van der Waals surface area contributed by atoms with E-state index in [1.807, 2.05) is 26.0 Å². The summed E-state index contributed by atoms with van der Waals surface area (Å²) in [6.45, 7) is 3.91. The first-order valence-corrected chi connectivity index (χ1v) is 8.26. The topological polar surface area (TPSA) is 46.4 Å². The minimum atomic E-state index is -4.41. The number of benzene rings is 1. The van der Waals surface area contributed by atoms with Crippen LogP contribution in [0.2, 0.25) is 0 Å². The van der Waals surface area contributed by atoms with E-state index in [1.54, 1.807) is 10.6 Å². The Kier molecular flexibility index (Phi) is 4.71. The van der Waals surface area contributed by atoms with Crippen LogP contribution in [0.5, 0.6) is 0 Å². The monoisotopic (exact) mass is 361 g/mol. The number of anilines is 1. The number of imidazole rings is 1. The van der Waals surface area contributed by atoms with E-state index in [9.17, 15) is 18.0 Å². The Morgan fingerprint density at radius 1 is 1.19 bits per heavy atom. The third-order valence-corrected chi connectivity index (χ3v) is 4.09. The smallest absolute Gasteiger partial charge is 0.321 e. The van der Waals surface area contributed by atoms with Crippen LogP contribution in [0.25, 0.3) is 5.65 Å². The molecule has 0 saturated heterocycles. The lowest BCUT2D eigenvalue weighted by molar-refractivity contribution is -0.137. The predicted molar refractivity (Wildman–Crippen MR) is 93.3 cm³/mol. The van der Waals surface area contributed by atoms with Gasteiger partial charge in [-0.25, -0.2) is 4.98 Å². The molecule has 1 amide bonds. The van der Waals surface area contributed by atoms with Gasteiger partial charge in [0.25, 0.3) is 5.91 Å². The quantitative estimate of drug-likeness (QED) is 0.721. The summed E-state index contributed by atoms with van der Waals surface area (Å²) in [6, 6.07) is 8.12. The first kappa shape index (κ1) is 18.0. The molecule has 0 radical (unpaired) electrons. The number of carbonyl (C=O) groups is 1. The number of amides is 1. The molecule has 0 atom stereocenters. The van der Waals surface area contributed by atoms with Crippen LogP contribution in [0.4, 0.5) is 18.9 Å². The maximum Gasteiger partial charge on any atom is 0.416 e. The van der Waals surface area contributed by atoms with Crippen LogP contribution in [0, 0.1) is 6.92 Å². The minimum Gasteiger partial charge on any atom is -0.321 e. The first-order valence-electron chi connectivity index (χ1n) is 8.26. The summed E-state index contributed by atoms with van der Waals surface area (Å²) in [4.78, 5) is 17.3. The van der Waals surface area contributed by atoms with Gasteiger partial charge in [0.15, 0.2) is 0 Å². The molecule has 7 heteroatoms. The zero-order chi connectivity index (χ0) is 18.9. The molecular formula is C19H18F3N3O. The largest absolute Gasteiger partial charge is 0.416 e. The lowest BCUT2D eigenvalue weighted by Gasteiger charge is -2.09. The van der Waals surface area contributed by atoms with Crippen LogP contribution in [0.15, 0.2) is 42.6 Å². The van der Waals surface area contributed by atoms with E-state index in [0.29, 0.717) is 29.1 Å². The number of halogens is 3. The van der Waals surface area contributed by atoms with Gasteiger partial charge in [-0.05, 0) is 49.2 Å². The van der Waals surface area contributed by atoms with Crippen molar-refractivity contribution in [3.05, 3.63) is 65.1 Å². The molecule has 0 saturated carbocycles. The maximum absolute atomic E-state index is 12.8. The highest BCUT2D eigenvalue weighted by atomic mass is 19.4. The van der Waals surface area contributed by atoms with Crippen molar-refractivity contribution in [3.8, 4) is 0 Å². The molecule has 0 aliphatic heterocycles. The van der Waals surface area contributed by atoms with Crippen LogP contribution in [-0.2, 0) is 12.6 Å². The first-order chi connectivity index (χ1) is 12.3. The van der Waals surface area contributed by atoms with Gasteiger partial charge in [0, 0.05) is 11.9 Å². The summed E-state index contributed by atoms with van der Waals surface area (Å²) < 4.78 is 39.7. The van der Waals surface area contributed by atoms with Gasteiger partial charge in [-0.2, -0.15) is 13.2 Å². The van der Waals surface area contributed by atoms with Gasteiger partial charge in [-0.1, -0.05) is 19.4 Å². The Labute approximate surface area is 148 Å². The van der Waals surface area contributed by atoms with Crippen molar-refractivity contribution in [2.75, 3.05) is 5.32 Å². The summed E-state index contributed by atoms with van der Waals surface area (Å²) in [5.41, 5.74) is 2.27. The highest BCUT2D eigenvalue weighted by Gasteiger charge is 2.30.